The lowest BCUT2D eigenvalue weighted by Gasteiger charge is -2.06. The standard InChI is InChI=1S/C13H10FN3/c14-13-7-12(4-5-16-13)17-9-11-3-1-2-10(6-11)8-15/h1-7H,9H2,(H,16,17). The van der Waals surface area contributed by atoms with Gasteiger partial charge in [0.2, 0.25) is 5.95 Å². The van der Waals surface area contributed by atoms with E-state index in [-0.39, 0.29) is 0 Å². The van der Waals surface area contributed by atoms with Gasteiger partial charge in [0.05, 0.1) is 11.6 Å². The molecule has 2 rings (SSSR count). The molecule has 1 heterocycles. The van der Waals surface area contributed by atoms with Crippen LogP contribution in [0.5, 0.6) is 0 Å². The highest BCUT2D eigenvalue weighted by atomic mass is 19.1. The van der Waals surface area contributed by atoms with Gasteiger partial charge in [-0.15, -0.1) is 0 Å². The van der Waals surface area contributed by atoms with Gasteiger partial charge in [-0.3, -0.25) is 0 Å². The fourth-order valence-electron chi connectivity index (χ4n) is 1.47. The maximum absolute atomic E-state index is 12.8. The maximum atomic E-state index is 12.8. The Morgan fingerprint density at radius 1 is 1.29 bits per heavy atom. The van der Waals surface area contributed by atoms with E-state index in [1.54, 1.807) is 18.2 Å². The molecule has 17 heavy (non-hydrogen) atoms. The van der Waals surface area contributed by atoms with Gasteiger partial charge in [0, 0.05) is 24.5 Å². The molecule has 0 aliphatic rings. The van der Waals surface area contributed by atoms with E-state index in [9.17, 15) is 4.39 Å². The van der Waals surface area contributed by atoms with Crippen LogP contribution < -0.4 is 5.32 Å². The monoisotopic (exact) mass is 227 g/mol. The van der Waals surface area contributed by atoms with Crippen molar-refractivity contribution in [2.24, 2.45) is 0 Å². The molecule has 0 unspecified atom stereocenters. The number of anilines is 1. The molecule has 2 aromatic rings. The smallest absolute Gasteiger partial charge is 0.214 e. The van der Waals surface area contributed by atoms with Crippen LogP contribution in [0.25, 0.3) is 0 Å². The lowest BCUT2D eigenvalue weighted by molar-refractivity contribution is 0.584. The van der Waals surface area contributed by atoms with E-state index in [1.807, 2.05) is 12.1 Å². The normalized spacial score (nSPS) is 9.65. The van der Waals surface area contributed by atoms with Gasteiger partial charge in [0.25, 0.3) is 0 Å². The summed E-state index contributed by atoms with van der Waals surface area (Å²) in [6.07, 6.45) is 1.41. The molecule has 0 spiro atoms. The zero-order chi connectivity index (χ0) is 12.1. The van der Waals surface area contributed by atoms with Gasteiger partial charge in [-0.2, -0.15) is 9.65 Å². The minimum atomic E-state index is -0.513. The van der Waals surface area contributed by atoms with E-state index < -0.39 is 5.95 Å². The van der Waals surface area contributed by atoms with Gasteiger partial charge in [-0.1, -0.05) is 12.1 Å². The molecule has 84 valence electrons. The molecule has 4 heteroatoms. The lowest BCUT2D eigenvalue weighted by Crippen LogP contribution is -2.00. The number of halogens is 1. The van der Waals surface area contributed by atoms with Gasteiger partial charge >= 0.3 is 0 Å². The summed E-state index contributed by atoms with van der Waals surface area (Å²) < 4.78 is 12.8. The summed E-state index contributed by atoms with van der Waals surface area (Å²) in [7, 11) is 0. The number of hydrogen-bond donors (Lipinski definition) is 1. The molecular formula is C13H10FN3. The van der Waals surface area contributed by atoms with Crippen molar-refractivity contribution >= 4 is 5.69 Å². The van der Waals surface area contributed by atoms with Crippen LogP contribution in [0, 0.1) is 17.3 Å². The van der Waals surface area contributed by atoms with Crippen LogP contribution >= 0.6 is 0 Å². The second-order valence-electron chi connectivity index (χ2n) is 3.53. The minimum absolute atomic E-state index is 0.513. The van der Waals surface area contributed by atoms with Crippen molar-refractivity contribution in [2.75, 3.05) is 5.32 Å². The Bertz CT molecular complexity index is 561. The summed E-state index contributed by atoms with van der Waals surface area (Å²) in [6, 6.07) is 12.4. The van der Waals surface area contributed by atoms with Crippen LogP contribution in [0.15, 0.2) is 42.6 Å². The molecule has 0 radical (unpaired) electrons. The molecule has 1 aromatic carbocycles. The van der Waals surface area contributed by atoms with E-state index >= 15 is 0 Å². The second kappa shape index (κ2) is 5.08. The molecule has 0 amide bonds. The van der Waals surface area contributed by atoms with Gasteiger partial charge in [-0.05, 0) is 23.8 Å². The first-order valence-corrected chi connectivity index (χ1v) is 5.12. The predicted molar refractivity (Wildman–Crippen MR) is 62.7 cm³/mol. The topological polar surface area (TPSA) is 48.7 Å². The van der Waals surface area contributed by atoms with Crippen molar-refractivity contribution in [1.82, 2.24) is 4.98 Å². The number of nitriles is 1. The summed E-state index contributed by atoms with van der Waals surface area (Å²) in [5.41, 5.74) is 2.26. The molecule has 0 saturated carbocycles. The molecule has 0 saturated heterocycles. The Balaban J connectivity index is 2.05. The number of benzene rings is 1. The summed E-state index contributed by atoms with van der Waals surface area (Å²) in [6.45, 7) is 0.541. The number of pyridine rings is 1. The molecule has 0 bridgehead atoms. The lowest BCUT2D eigenvalue weighted by atomic mass is 10.1. The van der Waals surface area contributed by atoms with Gasteiger partial charge in [-0.25, -0.2) is 4.98 Å². The van der Waals surface area contributed by atoms with Crippen LogP contribution in [-0.4, -0.2) is 4.98 Å². The van der Waals surface area contributed by atoms with Crippen molar-refractivity contribution in [3.05, 3.63) is 59.7 Å². The average molecular weight is 227 g/mol. The van der Waals surface area contributed by atoms with E-state index in [0.717, 1.165) is 5.56 Å². The Morgan fingerprint density at radius 2 is 2.18 bits per heavy atom. The Morgan fingerprint density at radius 3 is 2.94 bits per heavy atom. The summed E-state index contributed by atoms with van der Waals surface area (Å²) in [5.74, 6) is -0.513. The number of aromatic nitrogens is 1. The molecule has 1 N–H and O–H groups in total. The third kappa shape index (κ3) is 3.02. The summed E-state index contributed by atoms with van der Waals surface area (Å²) in [5, 5.41) is 11.8. The van der Waals surface area contributed by atoms with Gasteiger partial charge in [0.1, 0.15) is 0 Å². The summed E-state index contributed by atoms with van der Waals surface area (Å²) >= 11 is 0. The number of rotatable bonds is 3. The Hall–Kier alpha value is -2.41. The van der Waals surface area contributed by atoms with Crippen molar-refractivity contribution in [3.63, 3.8) is 0 Å². The van der Waals surface area contributed by atoms with Crippen LogP contribution in [0.4, 0.5) is 10.1 Å². The first-order chi connectivity index (χ1) is 8.28. The van der Waals surface area contributed by atoms with E-state index in [4.69, 9.17) is 5.26 Å². The van der Waals surface area contributed by atoms with Gasteiger partial charge in [0.15, 0.2) is 0 Å². The van der Waals surface area contributed by atoms with Crippen molar-refractivity contribution in [1.29, 1.82) is 5.26 Å². The van der Waals surface area contributed by atoms with E-state index in [2.05, 4.69) is 16.4 Å². The highest BCUT2D eigenvalue weighted by molar-refractivity contribution is 5.42. The zero-order valence-electron chi connectivity index (χ0n) is 9.02. The minimum Gasteiger partial charge on any atom is -0.381 e. The van der Waals surface area contributed by atoms with Crippen molar-refractivity contribution in [2.45, 2.75) is 6.54 Å². The predicted octanol–water partition coefficient (Wildman–Crippen LogP) is 2.70. The fraction of sp³-hybridized carbons (Fsp3) is 0.0769. The van der Waals surface area contributed by atoms with E-state index in [0.29, 0.717) is 17.8 Å². The third-order valence-corrected chi connectivity index (χ3v) is 2.28. The number of hydrogen-bond acceptors (Lipinski definition) is 3. The number of nitrogens with zero attached hydrogens (tertiary/aromatic N) is 2. The highest BCUT2D eigenvalue weighted by Gasteiger charge is 1.97. The molecule has 0 fully saturated rings. The van der Waals surface area contributed by atoms with Crippen LogP contribution in [-0.2, 0) is 6.54 Å². The van der Waals surface area contributed by atoms with Crippen LogP contribution in [0.3, 0.4) is 0 Å². The van der Waals surface area contributed by atoms with Crippen molar-refractivity contribution in [3.8, 4) is 6.07 Å². The first-order valence-electron chi connectivity index (χ1n) is 5.12. The maximum Gasteiger partial charge on any atom is 0.214 e. The average Bonchev–Trinajstić information content (AvgIpc) is 2.37. The highest BCUT2D eigenvalue weighted by Crippen LogP contribution is 2.10. The zero-order valence-corrected chi connectivity index (χ0v) is 9.02. The second-order valence-corrected chi connectivity index (χ2v) is 3.53. The first kappa shape index (κ1) is 11.1. The molecule has 0 atom stereocenters. The summed E-state index contributed by atoms with van der Waals surface area (Å²) in [4.78, 5) is 3.47. The SMILES string of the molecule is N#Cc1cccc(CNc2ccnc(F)c2)c1. The Labute approximate surface area is 98.5 Å². The van der Waals surface area contributed by atoms with Crippen molar-refractivity contribution < 1.29 is 4.39 Å². The van der Waals surface area contributed by atoms with Crippen LogP contribution in [0.1, 0.15) is 11.1 Å². The molecule has 1 aromatic heterocycles. The number of nitrogens with one attached hydrogen (secondary N) is 1. The molecule has 0 aliphatic heterocycles. The van der Waals surface area contributed by atoms with Gasteiger partial charge < -0.3 is 5.32 Å². The quantitative estimate of drug-likeness (QED) is 0.820. The van der Waals surface area contributed by atoms with E-state index in [1.165, 1.54) is 12.3 Å². The molecule has 0 aliphatic carbocycles. The third-order valence-electron chi connectivity index (χ3n) is 2.28. The van der Waals surface area contributed by atoms with Crippen LogP contribution in [0.2, 0.25) is 0 Å². The Kier molecular flexibility index (Phi) is 3.31. The largest absolute Gasteiger partial charge is 0.381 e. The fourth-order valence-corrected chi connectivity index (χ4v) is 1.47. The molecule has 3 nitrogen and oxygen atoms in total. The molecular weight excluding hydrogens is 217 g/mol.